The lowest BCUT2D eigenvalue weighted by Crippen LogP contribution is -2.39. The van der Waals surface area contributed by atoms with Crippen molar-refractivity contribution in [2.45, 2.75) is 26.3 Å². The number of nitrogens with one attached hydrogen (secondary N) is 2. The number of carbonyl (C=O) groups is 1. The van der Waals surface area contributed by atoms with Gasteiger partial charge >= 0.3 is 0 Å². The van der Waals surface area contributed by atoms with Crippen LogP contribution in [-0.4, -0.2) is 30.5 Å². The number of likely N-dealkylation sites (N-methyl/N-ethyl adjacent to an activating group) is 1. The first-order valence-electron chi connectivity index (χ1n) is 6.30. The van der Waals surface area contributed by atoms with Gasteiger partial charge in [-0.25, -0.2) is 0 Å². The second-order valence-corrected chi connectivity index (χ2v) is 5.52. The standard InChI is InChI=1S/C14H22N2OS/c1-4-18-10-9-13(15-3)14(17)16-12-8-6-5-7-11(12)2/h5-8,13,15H,4,9-10H2,1-3H3,(H,16,17)/t13-/m0/s1. The molecule has 0 aliphatic heterocycles. The normalized spacial score (nSPS) is 12.2. The van der Waals surface area contributed by atoms with Crippen LogP contribution in [0.15, 0.2) is 24.3 Å². The monoisotopic (exact) mass is 266 g/mol. The van der Waals surface area contributed by atoms with Gasteiger partial charge in [0.2, 0.25) is 5.91 Å². The first-order chi connectivity index (χ1) is 8.69. The number of benzene rings is 1. The van der Waals surface area contributed by atoms with E-state index in [1.807, 2.05) is 50.0 Å². The van der Waals surface area contributed by atoms with Crippen molar-refractivity contribution in [1.29, 1.82) is 0 Å². The summed E-state index contributed by atoms with van der Waals surface area (Å²) in [6.45, 7) is 4.13. The minimum atomic E-state index is -0.122. The lowest BCUT2D eigenvalue weighted by molar-refractivity contribution is -0.118. The van der Waals surface area contributed by atoms with Crippen LogP contribution >= 0.6 is 11.8 Å². The number of para-hydroxylation sites is 1. The van der Waals surface area contributed by atoms with Crippen LogP contribution in [0.3, 0.4) is 0 Å². The Balaban J connectivity index is 2.54. The van der Waals surface area contributed by atoms with Gasteiger partial charge in [-0.3, -0.25) is 4.79 Å². The maximum Gasteiger partial charge on any atom is 0.241 e. The number of hydrogen-bond acceptors (Lipinski definition) is 3. The highest BCUT2D eigenvalue weighted by atomic mass is 32.2. The molecule has 100 valence electrons. The summed E-state index contributed by atoms with van der Waals surface area (Å²) in [5.74, 6) is 2.14. The molecule has 0 bridgehead atoms. The van der Waals surface area contributed by atoms with Gasteiger partial charge in [-0.2, -0.15) is 11.8 Å². The zero-order valence-electron chi connectivity index (χ0n) is 11.3. The fraction of sp³-hybridized carbons (Fsp3) is 0.500. The van der Waals surface area contributed by atoms with Gasteiger partial charge in [-0.05, 0) is 43.5 Å². The highest BCUT2D eigenvalue weighted by Gasteiger charge is 2.16. The zero-order chi connectivity index (χ0) is 13.4. The van der Waals surface area contributed by atoms with E-state index in [-0.39, 0.29) is 11.9 Å². The molecular formula is C14H22N2OS. The van der Waals surface area contributed by atoms with Crippen LogP contribution in [0.5, 0.6) is 0 Å². The number of thioether (sulfide) groups is 1. The van der Waals surface area contributed by atoms with E-state index in [4.69, 9.17) is 0 Å². The van der Waals surface area contributed by atoms with Gasteiger partial charge in [0.05, 0.1) is 6.04 Å². The summed E-state index contributed by atoms with van der Waals surface area (Å²) >= 11 is 1.86. The number of amides is 1. The van der Waals surface area contributed by atoms with Crippen molar-refractivity contribution in [3.8, 4) is 0 Å². The molecule has 2 N–H and O–H groups in total. The lowest BCUT2D eigenvalue weighted by atomic mass is 10.1. The Labute approximate surface area is 114 Å². The second-order valence-electron chi connectivity index (χ2n) is 4.13. The van der Waals surface area contributed by atoms with Crippen LogP contribution in [0, 0.1) is 6.92 Å². The van der Waals surface area contributed by atoms with Gasteiger partial charge in [0.15, 0.2) is 0 Å². The maximum atomic E-state index is 12.1. The van der Waals surface area contributed by atoms with Crippen molar-refractivity contribution in [2.24, 2.45) is 0 Å². The third-order valence-corrected chi connectivity index (χ3v) is 3.76. The van der Waals surface area contributed by atoms with Crippen molar-refractivity contribution in [2.75, 3.05) is 23.9 Å². The Morgan fingerprint density at radius 2 is 2.11 bits per heavy atom. The van der Waals surface area contributed by atoms with Crippen LogP contribution < -0.4 is 10.6 Å². The van der Waals surface area contributed by atoms with E-state index >= 15 is 0 Å². The van der Waals surface area contributed by atoms with Gasteiger partial charge in [-0.1, -0.05) is 25.1 Å². The molecule has 1 aromatic rings. The van der Waals surface area contributed by atoms with E-state index in [9.17, 15) is 4.79 Å². The molecule has 0 aliphatic carbocycles. The fourth-order valence-corrected chi connectivity index (χ4v) is 2.38. The lowest BCUT2D eigenvalue weighted by Gasteiger charge is -2.16. The highest BCUT2D eigenvalue weighted by molar-refractivity contribution is 7.99. The molecule has 0 unspecified atom stereocenters. The fourth-order valence-electron chi connectivity index (χ4n) is 1.69. The number of aryl methyl sites for hydroxylation is 1. The van der Waals surface area contributed by atoms with Crippen LogP contribution in [0.4, 0.5) is 5.69 Å². The molecule has 1 rings (SSSR count). The molecule has 0 spiro atoms. The Kier molecular flexibility index (Phi) is 6.83. The molecule has 1 amide bonds. The average molecular weight is 266 g/mol. The molecule has 0 aromatic heterocycles. The zero-order valence-corrected chi connectivity index (χ0v) is 12.1. The highest BCUT2D eigenvalue weighted by Crippen LogP contribution is 2.14. The summed E-state index contributed by atoms with van der Waals surface area (Å²) in [6, 6.07) is 7.71. The van der Waals surface area contributed by atoms with Crippen LogP contribution in [0.1, 0.15) is 18.9 Å². The largest absolute Gasteiger partial charge is 0.324 e. The second kappa shape index (κ2) is 8.16. The molecule has 1 atom stereocenters. The molecule has 0 fully saturated rings. The SMILES string of the molecule is CCSCC[C@H](NC)C(=O)Nc1ccccc1C. The predicted molar refractivity (Wildman–Crippen MR) is 80.3 cm³/mol. The van der Waals surface area contributed by atoms with Crippen molar-refractivity contribution < 1.29 is 4.79 Å². The van der Waals surface area contributed by atoms with Crippen LogP contribution in [0.25, 0.3) is 0 Å². The molecule has 0 heterocycles. The van der Waals surface area contributed by atoms with Gasteiger partial charge in [0, 0.05) is 5.69 Å². The average Bonchev–Trinajstić information content (AvgIpc) is 2.37. The van der Waals surface area contributed by atoms with E-state index in [1.54, 1.807) is 0 Å². The minimum absolute atomic E-state index is 0.0449. The Morgan fingerprint density at radius 1 is 1.39 bits per heavy atom. The van der Waals surface area contributed by atoms with Gasteiger partial charge in [0.1, 0.15) is 0 Å². The molecule has 1 aromatic carbocycles. The summed E-state index contributed by atoms with van der Waals surface area (Å²) < 4.78 is 0. The number of carbonyl (C=O) groups excluding carboxylic acids is 1. The summed E-state index contributed by atoms with van der Waals surface area (Å²) in [4.78, 5) is 12.1. The molecule has 3 nitrogen and oxygen atoms in total. The number of hydrogen-bond donors (Lipinski definition) is 2. The summed E-state index contributed by atoms with van der Waals surface area (Å²) in [5.41, 5.74) is 1.98. The number of rotatable bonds is 7. The Morgan fingerprint density at radius 3 is 2.72 bits per heavy atom. The van der Waals surface area contributed by atoms with Crippen molar-refractivity contribution in [1.82, 2.24) is 5.32 Å². The van der Waals surface area contributed by atoms with Gasteiger partial charge in [-0.15, -0.1) is 0 Å². The van der Waals surface area contributed by atoms with Crippen molar-refractivity contribution in [3.05, 3.63) is 29.8 Å². The third kappa shape index (κ3) is 4.70. The van der Waals surface area contributed by atoms with E-state index in [2.05, 4.69) is 17.6 Å². The summed E-state index contributed by atoms with van der Waals surface area (Å²) in [6.07, 6.45) is 0.854. The van der Waals surface area contributed by atoms with Crippen LogP contribution in [-0.2, 0) is 4.79 Å². The summed E-state index contributed by atoms with van der Waals surface area (Å²) in [7, 11) is 1.83. The molecule has 4 heteroatoms. The van der Waals surface area contributed by atoms with Crippen LogP contribution in [0.2, 0.25) is 0 Å². The quantitative estimate of drug-likeness (QED) is 0.746. The molecular weight excluding hydrogens is 244 g/mol. The molecule has 0 radical (unpaired) electrons. The topological polar surface area (TPSA) is 41.1 Å². The van der Waals surface area contributed by atoms with E-state index < -0.39 is 0 Å². The first-order valence-corrected chi connectivity index (χ1v) is 7.46. The minimum Gasteiger partial charge on any atom is -0.324 e. The van der Waals surface area contributed by atoms with Gasteiger partial charge in [0.25, 0.3) is 0 Å². The molecule has 0 saturated carbocycles. The van der Waals surface area contributed by atoms with E-state index in [0.717, 1.165) is 29.2 Å². The predicted octanol–water partition coefficient (Wildman–Crippen LogP) is 2.66. The summed E-state index contributed by atoms with van der Waals surface area (Å²) in [5, 5.41) is 6.05. The Bertz CT molecular complexity index is 382. The van der Waals surface area contributed by atoms with Crippen molar-refractivity contribution >= 4 is 23.4 Å². The van der Waals surface area contributed by atoms with Crippen molar-refractivity contribution in [3.63, 3.8) is 0 Å². The Hall–Kier alpha value is -1.00. The van der Waals surface area contributed by atoms with Gasteiger partial charge < -0.3 is 10.6 Å². The molecule has 0 saturated heterocycles. The first kappa shape index (κ1) is 15.1. The smallest absolute Gasteiger partial charge is 0.241 e. The molecule has 18 heavy (non-hydrogen) atoms. The van der Waals surface area contributed by atoms with E-state index in [1.165, 1.54) is 0 Å². The van der Waals surface area contributed by atoms with E-state index in [0.29, 0.717) is 0 Å². The molecule has 0 aliphatic rings. The number of anilines is 1. The third-order valence-electron chi connectivity index (χ3n) is 2.82. The maximum absolute atomic E-state index is 12.1.